The van der Waals surface area contributed by atoms with E-state index in [2.05, 4.69) is 11.4 Å². The maximum absolute atomic E-state index is 13.6. The Morgan fingerprint density at radius 3 is 2.32 bits per heavy atom. The number of carbonyl (C=O) groups excluding carboxylic acids is 1. The Balaban J connectivity index is 1.39. The molecule has 1 aromatic carbocycles. The van der Waals surface area contributed by atoms with Crippen LogP contribution in [0.4, 0.5) is 0 Å². The molecule has 1 heterocycles. The van der Waals surface area contributed by atoms with Gasteiger partial charge in [-0.25, -0.2) is 0 Å². The van der Waals surface area contributed by atoms with Crippen molar-refractivity contribution < 1.29 is 14.7 Å². The highest BCUT2D eigenvalue weighted by Gasteiger charge is 2.59. The Bertz CT molecular complexity index is 1190. The van der Waals surface area contributed by atoms with Crippen LogP contribution in [0.15, 0.2) is 24.3 Å². The molecule has 2 aromatic rings. The first-order valence-electron chi connectivity index (χ1n) is 12.2. The van der Waals surface area contributed by atoms with Gasteiger partial charge in [0.2, 0.25) is 5.91 Å². The molecule has 0 saturated heterocycles. The van der Waals surface area contributed by atoms with E-state index in [9.17, 15) is 14.7 Å². The fraction of sp³-hybridized carbons (Fsp3) is 0.556. The van der Waals surface area contributed by atoms with Crippen LogP contribution in [-0.4, -0.2) is 32.8 Å². The van der Waals surface area contributed by atoms with Crippen molar-refractivity contribution in [3.05, 3.63) is 41.2 Å². The van der Waals surface area contributed by atoms with Crippen LogP contribution in [0.2, 0.25) is 0 Å². The van der Waals surface area contributed by atoms with E-state index in [0.29, 0.717) is 24.3 Å². The highest BCUT2D eigenvalue weighted by Crippen LogP contribution is 2.60. The molecule has 34 heavy (non-hydrogen) atoms. The second-order valence-electron chi connectivity index (χ2n) is 11.3. The lowest BCUT2D eigenvalue weighted by atomic mass is 9.48. The Hall–Kier alpha value is -3.14. The summed E-state index contributed by atoms with van der Waals surface area (Å²) in [5, 5.41) is 27.1. The molecule has 2 N–H and O–H groups in total. The standard InChI is InChI=1S/C27H32N4O3/c1-15-22(19-7-5-17(14-28)6-8-19)16(2)31(30-15)26(3,4)24(32)29-23-20-9-18-10-21(23)13-27(11-18,12-20)25(33)34/h5-8,18,20-21,23H,9-13H2,1-4H3,(H,29,32)(H,33,34). The van der Waals surface area contributed by atoms with Crippen molar-refractivity contribution in [3.8, 4) is 17.2 Å². The molecule has 7 heteroatoms. The van der Waals surface area contributed by atoms with Crippen LogP contribution in [-0.2, 0) is 15.1 Å². The number of nitrogens with zero attached hydrogens (tertiary/aromatic N) is 3. The van der Waals surface area contributed by atoms with Crippen molar-refractivity contribution in [2.75, 3.05) is 0 Å². The van der Waals surface area contributed by atoms with Gasteiger partial charge in [-0.05, 0) is 95.2 Å². The lowest BCUT2D eigenvalue weighted by Crippen LogP contribution is -2.62. The number of carboxylic acid groups (broad SMARTS) is 1. The van der Waals surface area contributed by atoms with Crippen LogP contribution in [0.25, 0.3) is 11.1 Å². The molecule has 0 spiro atoms. The fourth-order valence-electron chi connectivity index (χ4n) is 7.26. The number of benzene rings is 1. The summed E-state index contributed by atoms with van der Waals surface area (Å²) in [5.41, 5.74) is 2.79. The van der Waals surface area contributed by atoms with E-state index in [4.69, 9.17) is 10.4 Å². The number of carbonyl (C=O) groups is 2. The topological polar surface area (TPSA) is 108 Å². The zero-order valence-electron chi connectivity index (χ0n) is 20.3. The van der Waals surface area contributed by atoms with Gasteiger partial charge in [-0.2, -0.15) is 10.4 Å². The minimum Gasteiger partial charge on any atom is -0.481 e. The Labute approximate surface area is 200 Å². The zero-order chi connectivity index (χ0) is 24.4. The van der Waals surface area contributed by atoms with Crippen LogP contribution in [0.5, 0.6) is 0 Å². The van der Waals surface area contributed by atoms with E-state index >= 15 is 0 Å². The molecule has 1 aromatic heterocycles. The summed E-state index contributed by atoms with van der Waals surface area (Å²) in [6.07, 6.45) is 4.16. The molecule has 7 nitrogen and oxygen atoms in total. The number of aliphatic carboxylic acids is 1. The molecule has 4 fully saturated rings. The van der Waals surface area contributed by atoms with Crippen LogP contribution < -0.4 is 5.32 Å². The van der Waals surface area contributed by atoms with Crippen molar-refractivity contribution in [2.24, 2.45) is 23.2 Å². The van der Waals surface area contributed by atoms with Gasteiger partial charge in [0, 0.05) is 17.3 Å². The number of carboxylic acids is 1. The highest BCUT2D eigenvalue weighted by molar-refractivity contribution is 5.84. The third kappa shape index (κ3) is 3.34. The van der Waals surface area contributed by atoms with Gasteiger partial charge < -0.3 is 10.4 Å². The molecule has 178 valence electrons. The van der Waals surface area contributed by atoms with Crippen molar-refractivity contribution in [2.45, 2.75) is 71.4 Å². The third-order valence-electron chi connectivity index (χ3n) is 8.70. The second kappa shape index (κ2) is 7.69. The molecule has 2 atom stereocenters. The van der Waals surface area contributed by atoms with Crippen LogP contribution in [0.1, 0.15) is 62.9 Å². The number of rotatable bonds is 5. The molecule has 4 aliphatic rings. The quantitative estimate of drug-likeness (QED) is 0.696. The number of hydrogen-bond acceptors (Lipinski definition) is 4. The van der Waals surface area contributed by atoms with Crippen molar-refractivity contribution in [1.29, 1.82) is 5.26 Å². The largest absolute Gasteiger partial charge is 0.481 e. The first-order chi connectivity index (χ1) is 16.1. The number of amides is 1. The number of nitrogens with one attached hydrogen (secondary N) is 1. The lowest BCUT2D eigenvalue weighted by Gasteiger charge is -2.58. The molecule has 4 saturated carbocycles. The van der Waals surface area contributed by atoms with Gasteiger partial charge in [0.25, 0.3) is 0 Å². The maximum atomic E-state index is 13.6. The minimum absolute atomic E-state index is 0.0331. The predicted octanol–water partition coefficient (Wildman–Crippen LogP) is 4.17. The summed E-state index contributed by atoms with van der Waals surface area (Å²) in [6.45, 7) is 7.69. The van der Waals surface area contributed by atoms with E-state index in [1.54, 1.807) is 16.8 Å². The van der Waals surface area contributed by atoms with E-state index in [1.807, 2.05) is 39.8 Å². The van der Waals surface area contributed by atoms with Gasteiger partial charge in [0.05, 0.1) is 22.7 Å². The minimum atomic E-state index is -0.904. The van der Waals surface area contributed by atoms with E-state index in [-0.39, 0.29) is 23.8 Å². The fourth-order valence-corrected chi connectivity index (χ4v) is 7.26. The van der Waals surface area contributed by atoms with Crippen molar-refractivity contribution in [3.63, 3.8) is 0 Å². The van der Waals surface area contributed by atoms with Gasteiger partial charge in [-0.3, -0.25) is 14.3 Å². The monoisotopic (exact) mass is 460 g/mol. The average molecular weight is 461 g/mol. The molecular weight excluding hydrogens is 428 g/mol. The third-order valence-corrected chi connectivity index (χ3v) is 8.70. The second-order valence-corrected chi connectivity index (χ2v) is 11.3. The molecule has 4 aliphatic carbocycles. The number of aromatic nitrogens is 2. The highest BCUT2D eigenvalue weighted by atomic mass is 16.4. The number of hydrogen-bond donors (Lipinski definition) is 2. The van der Waals surface area contributed by atoms with E-state index < -0.39 is 16.9 Å². The Kier molecular flexibility index (Phi) is 5.12. The van der Waals surface area contributed by atoms with Crippen LogP contribution in [0.3, 0.4) is 0 Å². The van der Waals surface area contributed by atoms with Gasteiger partial charge in [-0.15, -0.1) is 0 Å². The molecule has 6 rings (SSSR count). The summed E-state index contributed by atoms with van der Waals surface area (Å²) in [5.74, 6) is 0.204. The van der Waals surface area contributed by atoms with Crippen LogP contribution >= 0.6 is 0 Å². The first-order valence-corrected chi connectivity index (χ1v) is 12.2. The Morgan fingerprint density at radius 1 is 1.15 bits per heavy atom. The van der Waals surface area contributed by atoms with E-state index in [0.717, 1.165) is 41.8 Å². The summed E-state index contributed by atoms with van der Waals surface area (Å²) in [6, 6.07) is 9.59. The predicted molar refractivity (Wildman–Crippen MR) is 127 cm³/mol. The number of nitriles is 1. The van der Waals surface area contributed by atoms with Gasteiger partial charge in [-0.1, -0.05) is 12.1 Å². The molecule has 0 aliphatic heterocycles. The lowest BCUT2D eigenvalue weighted by molar-refractivity contribution is -0.168. The first kappa shape index (κ1) is 22.6. The average Bonchev–Trinajstić information content (AvgIpc) is 3.10. The van der Waals surface area contributed by atoms with Gasteiger partial charge in [0.1, 0.15) is 5.54 Å². The summed E-state index contributed by atoms with van der Waals surface area (Å²) >= 11 is 0. The molecular formula is C27H32N4O3. The molecule has 1 amide bonds. The molecule has 2 unspecified atom stereocenters. The van der Waals surface area contributed by atoms with Gasteiger partial charge in [0.15, 0.2) is 0 Å². The van der Waals surface area contributed by atoms with Crippen molar-refractivity contribution >= 4 is 11.9 Å². The summed E-state index contributed by atoms with van der Waals surface area (Å²) in [7, 11) is 0. The van der Waals surface area contributed by atoms with Gasteiger partial charge >= 0.3 is 5.97 Å². The normalized spacial score (nSPS) is 29.6. The van der Waals surface area contributed by atoms with Crippen molar-refractivity contribution in [1.82, 2.24) is 15.1 Å². The zero-order valence-corrected chi connectivity index (χ0v) is 20.3. The Morgan fingerprint density at radius 2 is 1.76 bits per heavy atom. The molecule has 0 radical (unpaired) electrons. The summed E-state index contributed by atoms with van der Waals surface area (Å²) < 4.78 is 1.81. The smallest absolute Gasteiger partial charge is 0.309 e. The SMILES string of the molecule is Cc1nn(C(C)(C)C(=O)NC2C3CC4CC2CC(C(=O)O)(C4)C3)c(C)c1-c1ccc(C#N)cc1. The maximum Gasteiger partial charge on any atom is 0.309 e. The molecule has 4 bridgehead atoms. The van der Waals surface area contributed by atoms with E-state index in [1.165, 1.54) is 0 Å². The van der Waals surface area contributed by atoms with Crippen LogP contribution in [0, 0.1) is 48.3 Å². The number of aryl methyl sites for hydroxylation is 1. The summed E-state index contributed by atoms with van der Waals surface area (Å²) in [4.78, 5) is 25.7.